The lowest BCUT2D eigenvalue weighted by atomic mass is 9.95. The van der Waals surface area contributed by atoms with Crippen molar-refractivity contribution in [3.8, 4) is 0 Å². The molecule has 1 aromatic rings. The van der Waals surface area contributed by atoms with Gasteiger partial charge in [-0.25, -0.2) is 0 Å². The van der Waals surface area contributed by atoms with E-state index in [2.05, 4.69) is 26.6 Å². The largest absolute Gasteiger partial charge is 0.354 e. The van der Waals surface area contributed by atoms with Gasteiger partial charge in [0, 0.05) is 29.0 Å². The van der Waals surface area contributed by atoms with E-state index in [0.29, 0.717) is 31.1 Å². The van der Waals surface area contributed by atoms with Gasteiger partial charge in [-0.2, -0.15) is 0 Å². The van der Waals surface area contributed by atoms with Crippen molar-refractivity contribution >= 4 is 40.2 Å². The van der Waals surface area contributed by atoms with Crippen LogP contribution < -0.4 is 16.4 Å². The van der Waals surface area contributed by atoms with E-state index < -0.39 is 0 Å². The summed E-state index contributed by atoms with van der Waals surface area (Å²) in [6.07, 6.45) is 3.02. The second-order valence-corrected chi connectivity index (χ2v) is 6.51. The van der Waals surface area contributed by atoms with E-state index in [4.69, 9.17) is 5.73 Å². The number of hydrogen-bond acceptors (Lipinski definition) is 3. The first-order valence-electron chi connectivity index (χ1n) is 7.63. The number of amides is 2. The minimum absolute atomic E-state index is 0. The summed E-state index contributed by atoms with van der Waals surface area (Å²) in [5.41, 5.74) is 6.29. The van der Waals surface area contributed by atoms with Gasteiger partial charge >= 0.3 is 0 Å². The second-order valence-electron chi connectivity index (χ2n) is 5.59. The maximum Gasteiger partial charge on any atom is 0.251 e. The van der Waals surface area contributed by atoms with Gasteiger partial charge in [-0.3, -0.25) is 9.59 Å². The molecule has 1 saturated carbocycles. The van der Waals surface area contributed by atoms with Crippen molar-refractivity contribution in [1.29, 1.82) is 0 Å². The zero-order valence-corrected chi connectivity index (χ0v) is 15.3. The lowest BCUT2D eigenvalue weighted by Gasteiger charge is -2.17. The van der Waals surface area contributed by atoms with Crippen molar-refractivity contribution in [1.82, 2.24) is 10.6 Å². The van der Waals surface area contributed by atoms with Gasteiger partial charge in [-0.15, -0.1) is 12.4 Å². The molecule has 1 aliphatic rings. The summed E-state index contributed by atoms with van der Waals surface area (Å²) in [5, 5.41) is 5.69. The first-order chi connectivity index (χ1) is 10.6. The molecular formula is C16H23BrClN3O2. The van der Waals surface area contributed by atoms with Gasteiger partial charge in [0.25, 0.3) is 5.91 Å². The summed E-state index contributed by atoms with van der Waals surface area (Å²) < 4.78 is 0.863. The Kier molecular flexibility index (Phi) is 8.58. The second kappa shape index (κ2) is 9.90. The molecule has 0 heterocycles. The fraction of sp³-hybridized carbons (Fsp3) is 0.500. The van der Waals surface area contributed by atoms with Crippen molar-refractivity contribution in [3.05, 3.63) is 34.3 Å². The first-order valence-corrected chi connectivity index (χ1v) is 8.42. The zero-order valence-electron chi connectivity index (χ0n) is 12.9. The van der Waals surface area contributed by atoms with Crippen LogP contribution in [0.1, 0.15) is 29.6 Å². The normalized spacial score (nSPS) is 19.7. The average Bonchev–Trinajstić information content (AvgIpc) is 2.99. The van der Waals surface area contributed by atoms with E-state index in [-0.39, 0.29) is 30.1 Å². The molecule has 2 atom stereocenters. The molecule has 5 nitrogen and oxygen atoms in total. The highest BCUT2D eigenvalue weighted by molar-refractivity contribution is 9.10. The van der Waals surface area contributed by atoms with E-state index in [0.717, 1.165) is 23.7 Å². The fourth-order valence-corrected chi connectivity index (χ4v) is 3.29. The number of carbonyl (C=O) groups excluding carboxylic acids is 2. The lowest BCUT2D eigenvalue weighted by Crippen LogP contribution is -2.39. The van der Waals surface area contributed by atoms with Crippen LogP contribution in [0.15, 0.2) is 28.7 Å². The smallest absolute Gasteiger partial charge is 0.251 e. The molecule has 0 aliphatic heterocycles. The Morgan fingerprint density at radius 3 is 2.65 bits per heavy atom. The Balaban J connectivity index is 0.00000264. The molecule has 2 amide bonds. The lowest BCUT2D eigenvalue weighted by molar-refractivity contribution is -0.125. The molecule has 0 radical (unpaired) electrons. The van der Waals surface area contributed by atoms with Crippen LogP contribution in [0.3, 0.4) is 0 Å². The Morgan fingerprint density at radius 2 is 1.96 bits per heavy atom. The van der Waals surface area contributed by atoms with Crippen molar-refractivity contribution in [2.24, 2.45) is 17.6 Å². The summed E-state index contributed by atoms with van der Waals surface area (Å²) in [5.74, 6) is 0.253. The van der Waals surface area contributed by atoms with E-state index in [1.54, 1.807) is 12.1 Å². The van der Waals surface area contributed by atoms with E-state index in [9.17, 15) is 9.59 Å². The number of nitrogens with two attached hydrogens (primary N) is 1. The van der Waals surface area contributed by atoms with Crippen LogP contribution in [-0.2, 0) is 4.79 Å². The standard InChI is InChI=1S/C16H22BrN3O2.ClH/c17-13-5-1-3-11(9-13)15(21)19-7-8-20-16(22)14-6-2-4-12(14)10-18;/h1,3,5,9,12,14H,2,4,6-8,10,18H2,(H,19,21)(H,20,22);1H/t12-,14-;/m1./s1. The molecule has 7 heteroatoms. The third-order valence-electron chi connectivity index (χ3n) is 4.10. The van der Waals surface area contributed by atoms with Gasteiger partial charge in [0.05, 0.1) is 0 Å². The number of benzene rings is 1. The van der Waals surface area contributed by atoms with E-state index in [1.165, 1.54) is 0 Å². The monoisotopic (exact) mass is 403 g/mol. The molecule has 23 heavy (non-hydrogen) atoms. The topological polar surface area (TPSA) is 84.2 Å². The number of carbonyl (C=O) groups is 2. The van der Waals surface area contributed by atoms with Crippen LogP contribution >= 0.6 is 28.3 Å². The molecule has 128 valence electrons. The van der Waals surface area contributed by atoms with Crippen LogP contribution in [0.2, 0.25) is 0 Å². The minimum atomic E-state index is -0.142. The van der Waals surface area contributed by atoms with Crippen molar-refractivity contribution in [2.45, 2.75) is 19.3 Å². The predicted octanol–water partition coefficient (Wildman–Crippen LogP) is 2.09. The third kappa shape index (κ3) is 5.79. The number of hydrogen-bond donors (Lipinski definition) is 3. The van der Waals surface area contributed by atoms with E-state index in [1.807, 2.05) is 12.1 Å². The van der Waals surface area contributed by atoms with Crippen LogP contribution in [0, 0.1) is 11.8 Å². The summed E-state index contributed by atoms with van der Waals surface area (Å²) in [6, 6.07) is 7.20. The van der Waals surface area contributed by atoms with Gasteiger partial charge in [0.1, 0.15) is 0 Å². The molecular weight excluding hydrogens is 382 g/mol. The summed E-state index contributed by atoms with van der Waals surface area (Å²) in [6.45, 7) is 1.42. The Hall–Kier alpha value is -1.11. The fourth-order valence-electron chi connectivity index (χ4n) is 2.89. The molecule has 0 spiro atoms. The highest BCUT2D eigenvalue weighted by Gasteiger charge is 2.31. The Labute approximate surface area is 151 Å². The van der Waals surface area contributed by atoms with E-state index >= 15 is 0 Å². The summed E-state index contributed by atoms with van der Waals surface area (Å²) in [7, 11) is 0. The van der Waals surface area contributed by atoms with Gasteiger partial charge in [-0.05, 0) is 43.5 Å². The highest BCUT2D eigenvalue weighted by Crippen LogP contribution is 2.30. The third-order valence-corrected chi connectivity index (χ3v) is 4.59. The zero-order chi connectivity index (χ0) is 15.9. The molecule has 0 unspecified atom stereocenters. The van der Waals surface area contributed by atoms with Crippen LogP contribution in [0.4, 0.5) is 0 Å². The molecule has 0 aromatic heterocycles. The number of nitrogens with one attached hydrogen (secondary N) is 2. The molecule has 1 aromatic carbocycles. The average molecular weight is 405 g/mol. The van der Waals surface area contributed by atoms with Gasteiger partial charge in [0.15, 0.2) is 0 Å². The summed E-state index contributed by atoms with van der Waals surface area (Å²) >= 11 is 3.33. The van der Waals surface area contributed by atoms with Crippen LogP contribution in [0.25, 0.3) is 0 Å². The van der Waals surface area contributed by atoms with Crippen molar-refractivity contribution in [2.75, 3.05) is 19.6 Å². The maximum absolute atomic E-state index is 12.1. The van der Waals surface area contributed by atoms with Gasteiger partial charge in [-0.1, -0.05) is 28.4 Å². The van der Waals surface area contributed by atoms with Crippen molar-refractivity contribution < 1.29 is 9.59 Å². The minimum Gasteiger partial charge on any atom is -0.354 e. The molecule has 2 rings (SSSR count). The Morgan fingerprint density at radius 1 is 1.22 bits per heavy atom. The number of rotatable bonds is 6. The molecule has 0 saturated heterocycles. The molecule has 1 fully saturated rings. The van der Waals surface area contributed by atoms with Crippen LogP contribution in [-0.4, -0.2) is 31.4 Å². The van der Waals surface area contributed by atoms with Crippen LogP contribution in [0.5, 0.6) is 0 Å². The Bertz CT molecular complexity index is 542. The van der Waals surface area contributed by atoms with Gasteiger partial charge < -0.3 is 16.4 Å². The molecule has 1 aliphatic carbocycles. The maximum atomic E-state index is 12.1. The van der Waals surface area contributed by atoms with Gasteiger partial charge in [0.2, 0.25) is 5.91 Å². The predicted molar refractivity (Wildman–Crippen MR) is 96.6 cm³/mol. The SMILES string of the molecule is Cl.NC[C@H]1CCC[C@H]1C(=O)NCCNC(=O)c1cccc(Br)c1. The molecule has 4 N–H and O–H groups in total. The first kappa shape index (κ1) is 19.9. The number of halogens is 2. The quantitative estimate of drug-likeness (QED) is 0.635. The molecule has 0 bridgehead atoms. The van der Waals surface area contributed by atoms with Crippen molar-refractivity contribution in [3.63, 3.8) is 0 Å². The highest BCUT2D eigenvalue weighted by atomic mass is 79.9. The summed E-state index contributed by atoms with van der Waals surface area (Å²) in [4.78, 5) is 24.0.